The van der Waals surface area contributed by atoms with Crippen molar-refractivity contribution in [2.24, 2.45) is 5.73 Å². The third-order valence-corrected chi connectivity index (χ3v) is 1.49. The molecule has 0 aliphatic heterocycles. The monoisotopic (exact) mass is 257 g/mol. The molecule has 0 aromatic rings. The molecular formula is C8H19NO6S. The molecule has 0 fully saturated rings. The Labute approximate surface area is 95.9 Å². The van der Waals surface area contributed by atoms with Gasteiger partial charge in [0.05, 0.1) is 7.11 Å². The van der Waals surface area contributed by atoms with Crippen molar-refractivity contribution in [3.8, 4) is 0 Å². The lowest BCUT2D eigenvalue weighted by Gasteiger charge is -1.92. The van der Waals surface area contributed by atoms with Gasteiger partial charge in [0.25, 0.3) is 0 Å². The Hall–Kier alpha value is -0.960. The lowest BCUT2D eigenvalue weighted by Crippen LogP contribution is -1.97. The predicted octanol–water partition coefficient (Wildman–Crippen LogP) is 0.438. The molecular weight excluding hydrogens is 238 g/mol. The molecule has 0 spiro atoms. The minimum atomic E-state index is -4.16. The maximum absolute atomic E-state index is 9.99. The first-order valence-corrected chi connectivity index (χ1v) is 5.63. The molecule has 7 nitrogen and oxygen atoms in total. The van der Waals surface area contributed by atoms with E-state index in [1.54, 1.807) is 0 Å². The van der Waals surface area contributed by atoms with Gasteiger partial charge in [0.2, 0.25) is 0 Å². The van der Waals surface area contributed by atoms with E-state index in [-0.39, 0.29) is 0 Å². The van der Waals surface area contributed by atoms with Gasteiger partial charge in [0.1, 0.15) is 0 Å². The van der Waals surface area contributed by atoms with Crippen LogP contribution in [0.2, 0.25) is 0 Å². The van der Waals surface area contributed by atoms with Crippen LogP contribution in [-0.2, 0) is 19.4 Å². The normalized spacial score (nSPS) is 9.06. The second kappa shape index (κ2) is 12.1. The Bertz CT molecular complexity index is 285. The van der Waals surface area contributed by atoms with Crippen molar-refractivity contribution < 1.29 is 27.1 Å². The van der Waals surface area contributed by atoms with Gasteiger partial charge in [0, 0.05) is 5.57 Å². The van der Waals surface area contributed by atoms with Gasteiger partial charge >= 0.3 is 16.4 Å². The van der Waals surface area contributed by atoms with E-state index in [0.717, 1.165) is 13.5 Å². The Balaban J connectivity index is -0.000000188. The summed E-state index contributed by atoms with van der Waals surface area (Å²) < 4.78 is 29.7. The van der Waals surface area contributed by atoms with E-state index in [1.165, 1.54) is 7.05 Å². The molecule has 16 heavy (non-hydrogen) atoms. The summed E-state index contributed by atoms with van der Waals surface area (Å²) in [6.45, 7) is 5.27. The zero-order valence-corrected chi connectivity index (χ0v) is 10.5. The SMILES string of the molecule is C=C(CCC)C(=O)O.CN.COS(=O)(=O)O. The maximum Gasteiger partial charge on any atom is 0.397 e. The molecule has 0 aliphatic rings. The summed E-state index contributed by atoms with van der Waals surface area (Å²) in [5.41, 5.74) is 4.80. The highest BCUT2D eigenvalue weighted by molar-refractivity contribution is 7.80. The van der Waals surface area contributed by atoms with E-state index in [1.807, 2.05) is 6.92 Å². The molecule has 98 valence electrons. The van der Waals surface area contributed by atoms with Gasteiger partial charge in [-0.1, -0.05) is 19.9 Å². The second-order valence-electron chi connectivity index (χ2n) is 2.25. The smallest absolute Gasteiger partial charge is 0.397 e. The fourth-order valence-corrected chi connectivity index (χ4v) is 0.409. The molecule has 0 atom stereocenters. The summed E-state index contributed by atoms with van der Waals surface area (Å²) in [6, 6.07) is 0. The van der Waals surface area contributed by atoms with Crippen LogP contribution >= 0.6 is 0 Å². The van der Waals surface area contributed by atoms with Crippen LogP contribution in [0.1, 0.15) is 19.8 Å². The standard InChI is InChI=1S/C6H10O2.CH5N.CH4O4S/c1-3-4-5(2)6(7)8;1-2;1-5-6(2,3)4/h2-4H2,1H3,(H,7,8);2H2,1H3;1H3,(H,2,3,4). The van der Waals surface area contributed by atoms with Gasteiger partial charge < -0.3 is 10.8 Å². The first-order valence-electron chi connectivity index (χ1n) is 4.26. The summed E-state index contributed by atoms with van der Waals surface area (Å²) in [6.07, 6.45) is 1.44. The fourth-order valence-electron chi connectivity index (χ4n) is 0.409. The Morgan fingerprint density at radius 1 is 1.44 bits per heavy atom. The van der Waals surface area contributed by atoms with Crippen molar-refractivity contribution in [3.05, 3.63) is 12.2 Å². The van der Waals surface area contributed by atoms with E-state index in [4.69, 9.17) is 9.66 Å². The van der Waals surface area contributed by atoms with E-state index in [2.05, 4.69) is 16.5 Å². The number of carboxylic acid groups (broad SMARTS) is 1. The number of hydrogen-bond acceptors (Lipinski definition) is 5. The van der Waals surface area contributed by atoms with Crippen molar-refractivity contribution in [3.63, 3.8) is 0 Å². The highest BCUT2D eigenvalue weighted by Gasteiger charge is 1.99. The third kappa shape index (κ3) is 23.1. The minimum absolute atomic E-state index is 0.299. The van der Waals surface area contributed by atoms with Gasteiger partial charge in [-0.25, -0.2) is 4.79 Å². The molecule has 8 heteroatoms. The van der Waals surface area contributed by atoms with E-state index in [9.17, 15) is 13.2 Å². The quantitative estimate of drug-likeness (QED) is 0.492. The van der Waals surface area contributed by atoms with E-state index < -0.39 is 16.4 Å². The van der Waals surface area contributed by atoms with Gasteiger partial charge in [-0.2, -0.15) is 8.42 Å². The molecule has 4 N–H and O–H groups in total. The molecule has 0 aromatic heterocycles. The van der Waals surface area contributed by atoms with E-state index in [0.29, 0.717) is 12.0 Å². The maximum atomic E-state index is 9.99. The number of aliphatic carboxylic acids is 1. The van der Waals surface area contributed by atoms with Crippen molar-refractivity contribution in [1.82, 2.24) is 0 Å². The molecule has 0 amide bonds. The predicted molar refractivity (Wildman–Crippen MR) is 60.4 cm³/mol. The zero-order valence-electron chi connectivity index (χ0n) is 9.63. The summed E-state index contributed by atoms with van der Waals surface area (Å²) in [7, 11) is -1.79. The van der Waals surface area contributed by atoms with Crippen molar-refractivity contribution in [2.75, 3.05) is 14.2 Å². The summed E-state index contributed by atoms with van der Waals surface area (Å²) in [4.78, 5) is 9.99. The van der Waals surface area contributed by atoms with Crippen molar-refractivity contribution >= 4 is 16.4 Å². The van der Waals surface area contributed by atoms with Crippen LogP contribution in [0.15, 0.2) is 12.2 Å². The van der Waals surface area contributed by atoms with Crippen LogP contribution in [0, 0.1) is 0 Å². The van der Waals surface area contributed by atoms with Gasteiger partial charge in [-0.15, -0.1) is 0 Å². The summed E-state index contributed by atoms with van der Waals surface area (Å²) in [5.74, 6) is -0.883. The molecule has 0 saturated carbocycles. The highest BCUT2D eigenvalue weighted by atomic mass is 32.3. The van der Waals surface area contributed by atoms with Crippen LogP contribution in [0.5, 0.6) is 0 Å². The van der Waals surface area contributed by atoms with Gasteiger partial charge in [-0.3, -0.25) is 8.74 Å². The molecule has 0 aromatic carbocycles. The first-order chi connectivity index (χ1) is 7.24. The van der Waals surface area contributed by atoms with Crippen LogP contribution in [0.3, 0.4) is 0 Å². The number of nitrogens with two attached hydrogens (primary N) is 1. The average Bonchev–Trinajstić information content (AvgIpc) is 2.21. The minimum Gasteiger partial charge on any atom is -0.478 e. The van der Waals surface area contributed by atoms with Crippen LogP contribution in [0.25, 0.3) is 0 Å². The summed E-state index contributed by atoms with van der Waals surface area (Å²) >= 11 is 0. The largest absolute Gasteiger partial charge is 0.478 e. The summed E-state index contributed by atoms with van der Waals surface area (Å²) in [5, 5.41) is 8.21. The Morgan fingerprint density at radius 2 is 1.75 bits per heavy atom. The Kier molecular flexibility index (Phi) is 15.5. The van der Waals surface area contributed by atoms with Gasteiger partial charge in [-0.05, 0) is 13.5 Å². The van der Waals surface area contributed by atoms with Crippen LogP contribution in [-0.4, -0.2) is 38.2 Å². The molecule has 0 radical (unpaired) electrons. The van der Waals surface area contributed by atoms with Crippen molar-refractivity contribution in [2.45, 2.75) is 19.8 Å². The molecule has 0 saturated heterocycles. The topological polar surface area (TPSA) is 127 Å². The number of rotatable bonds is 4. The van der Waals surface area contributed by atoms with Crippen molar-refractivity contribution in [1.29, 1.82) is 0 Å². The molecule has 0 aliphatic carbocycles. The average molecular weight is 257 g/mol. The molecule has 0 rings (SSSR count). The third-order valence-electron chi connectivity index (χ3n) is 1.06. The van der Waals surface area contributed by atoms with E-state index >= 15 is 0 Å². The fraction of sp³-hybridized carbons (Fsp3) is 0.625. The van der Waals surface area contributed by atoms with Crippen LogP contribution in [0.4, 0.5) is 0 Å². The Morgan fingerprint density at radius 3 is 1.81 bits per heavy atom. The zero-order chi connectivity index (χ0) is 13.8. The molecule has 0 bridgehead atoms. The lowest BCUT2D eigenvalue weighted by atomic mass is 10.2. The number of carbonyl (C=O) groups is 1. The van der Waals surface area contributed by atoms with Crippen LogP contribution < -0.4 is 5.73 Å². The first kappa shape index (κ1) is 20.5. The van der Waals surface area contributed by atoms with Gasteiger partial charge in [0.15, 0.2) is 0 Å². The molecule has 0 unspecified atom stereocenters. The number of hydrogen-bond donors (Lipinski definition) is 3. The highest BCUT2D eigenvalue weighted by Crippen LogP contribution is 1.99. The lowest BCUT2D eigenvalue weighted by molar-refractivity contribution is -0.132. The number of carboxylic acids is 1. The molecule has 0 heterocycles. The second-order valence-corrected chi connectivity index (χ2v) is 3.44.